The zero-order valence-corrected chi connectivity index (χ0v) is 15.1. The summed E-state index contributed by atoms with van der Waals surface area (Å²) in [6.45, 7) is 1.47. The molecule has 0 spiro atoms. The molecule has 134 valence electrons. The fourth-order valence-electron chi connectivity index (χ4n) is 2.21. The van der Waals surface area contributed by atoms with Gasteiger partial charge in [0.1, 0.15) is 5.82 Å². The molecule has 1 amide bonds. The second-order valence-electron chi connectivity index (χ2n) is 5.46. The van der Waals surface area contributed by atoms with Gasteiger partial charge in [-0.05, 0) is 54.8 Å². The van der Waals surface area contributed by atoms with E-state index in [1.165, 1.54) is 13.0 Å². The minimum absolute atomic E-state index is 0.0529. The van der Waals surface area contributed by atoms with Crippen LogP contribution < -0.4 is 10.0 Å². The number of halogens is 2. The molecule has 0 heterocycles. The third kappa shape index (κ3) is 5.81. The Bertz CT molecular complexity index is 855. The molecule has 2 aromatic carbocycles. The summed E-state index contributed by atoms with van der Waals surface area (Å²) in [5, 5.41) is 3.27. The Hall–Kier alpha value is -1.96. The minimum atomic E-state index is -3.88. The van der Waals surface area contributed by atoms with Crippen LogP contribution in [0.15, 0.2) is 47.4 Å². The monoisotopic (exact) mass is 384 g/mol. The van der Waals surface area contributed by atoms with Crippen LogP contribution in [0.2, 0.25) is 5.02 Å². The van der Waals surface area contributed by atoms with E-state index in [0.717, 1.165) is 17.7 Å². The Balaban J connectivity index is 1.83. The maximum absolute atomic E-state index is 13.1. The first-order chi connectivity index (χ1) is 11.8. The molecule has 0 bridgehead atoms. The summed E-state index contributed by atoms with van der Waals surface area (Å²) in [7, 11) is -3.88. The Labute approximate surface area is 151 Å². The highest BCUT2D eigenvalue weighted by Crippen LogP contribution is 2.15. The summed E-state index contributed by atoms with van der Waals surface area (Å²) in [4.78, 5) is 11.7. The number of sulfonamides is 1. The third-order valence-electron chi connectivity index (χ3n) is 3.50. The van der Waals surface area contributed by atoms with Gasteiger partial charge in [0.05, 0.1) is 11.4 Å². The third-order valence-corrected chi connectivity index (χ3v) is 5.31. The first kappa shape index (κ1) is 19.4. The van der Waals surface area contributed by atoms with Gasteiger partial charge in [-0.2, -0.15) is 0 Å². The standard InChI is InChI=1S/C17H18ClFN2O3S/c1-12-10-15(19)6-7-16(12)25(23,24)21-11-17(22)20-9-8-13-2-4-14(18)5-3-13/h2-7,10,21H,8-9,11H2,1H3,(H,20,22). The Morgan fingerprint density at radius 2 is 1.84 bits per heavy atom. The fourth-order valence-corrected chi connectivity index (χ4v) is 3.55. The van der Waals surface area contributed by atoms with Crippen molar-refractivity contribution < 1.29 is 17.6 Å². The summed E-state index contributed by atoms with van der Waals surface area (Å²) >= 11 is 5.79. The quantitative estimate of drug-likeness (QED) is 0.769. The van der Waals surface area contributed by atoms with Gasteiger partial charge in [0.25, 0.3) is 0 Å². The fraction of sp³-hybridized carbons (Fsp3) is 0.235. The van der Waals surface area contributed by atoms with Gasteiger partial charge in [-0.3, -0.25) is 4.79 Å². The number of carbonyl (C=O) groups is 1. The second kappa shape index (κ2) is 8.42. The minimum Gasteiger partial charge on any atom is -0.355 e. The van der Waals surface area contributed by atoms with Crippen molar-refractivity contribution in [1.29, 1.82) is 0 Å². The van der Waals surface area contributed by atoms with Gasteiger partial charge in [0.2, 0.25) is 15.9 Å². The van der Waals surface area contributed by atoms with Crippen LogP contribution in [0.5, 0.6) is 0 Å². The largest absolute Gasteiger partial charge is 0.355 e. The van der Waals surface area contributed by atoms with Crippen LogP contribution in [0.3, 0.4) is 0 Å². The van der Waals surface area contributed by atoms with Crippen LogP contribution in [0.1, 0.15) is 11.1 Å². The van der Waals surface area contributed by atoms with Crippen LogP contribution >= 0.6 is 11.6 Å². The van der Waals surface area contributed by atoms with E-state index in [1.807, 2.05) is 12.1 Å². The first-order valence-corrected chi connectivity index (χ1v) is 9.41. The second-order valence-corrected chi connectivity index (χ2v) is 7.63. The zero-order valence-electron chi connectivity index (χ0n) is 13.6. The number of nitrogens with one attached hydrogen (secondary N) is 2. The summed E-state index contributed by atoms with van der Waals surface area (Å²) in [5.74, 6) is -0.964. The molecule has 8 heteroatoms. The average molecular weight is 385 g/mol. The molecule has 2 N–H and O–H groups in total. The van der Waals surface area contributed by atoms with Crippen molar-refractivity contribution in [1.82, 2.24) is 10.0 Å². The highest BCUT2D eigenvalue weighted by Gasteiger charge is 2.18. The number of aryl methyl sites for hydroxylation is 1. The van der Waals surface area contributed by atoms with Gasteiger partial charge in [0, 0.05) is 11.6 Å². The molecule has 2 rings (SSSR count). The van der Waals surface area contributed by atoms with E-state index >= 15 is 0 Å². The molecule has 25 heavy (non-hydrogen) atoms. The zero-order chi connectivity index (χ0) is 18.4. The van der Waals surface area contributed by atoms with Gasteiger partial charge in [-0.1, -0.05) is 23.7 Å². The predicted octanol–water partition coefficient (Wildman–Crippen LogP) is 2.42. The van der Waals surface area contributed by atoms with E-state index < -0.39 is 21.7 Å². The molecule has 0 saturated heterocycles. The van der Waals surface area contributed by atoms with Gasteiger partial charge < -0.3 is 5.32 Å². The summed E-state index contributed by atoms with van der Waals surface area (Å²) in [6, 6.07) is 10.6. The predicted molar refractivity (Wildman–Crippen MR) is 94.5 cm³/mol. The molecule has 2 aromatic rings. The van der Waals surface area contributed by atoms with Crippen molar-refractivity contribution in [3.63, 3.8) is 0 Å². The van der Waals surface area contributed by atoms with Crippen LogP contribution in [0, 0.1) is 12.7 Å². The molecule has 0 atom stereocenters. The van der Waals surface area contributed by atoms with Crippen LogP contribution in [-0.4, -0.2) is 27.4 Å². The summed E-state index contributed by atoms with van der Waals surface area (Å²) in [6.07, 6.45) is 0.604. The molecule has 0 radical (unpaired) electrons. The van der Waals surface area contributed by atoms with E-state index in [-0.39, 0.29) is 17.0 Å². The van der Waals surface area contributed by atoms with E-state index in [1.54, 1.807) is 12.1 Å². The Kier molecular flexibility index (Phi) is 6.52. The van der Waals surface area contributed by atoms with Crippen molar-refractivity contribution in [3.05, 3.63) is 64.4 Å². The maximum Gasteiger partial charge on any atom is 0.241 e. The van der Waals surface area contributed by atoms with Gasteiger partial charge in [-0.25, -0.2) is 17.5 Å². The molecule has 0 aliphatic heterocycles. The first-order valence-electron chi connectivity index (χ1n) is 7.55. The molecule has 0 aliphatic carbocycles. The van der Waals surface area contributed by atoms with Crippen LogP contribution in [0.25, 0.3) is 0 Å². The lowest BCUT2D eigenvalue weighted by atomic mass is 10.1. The van der Waals surface area contributed by atoms with Crippen molar-refractivity contribution in [2.75, 3.05) is 13.1 Å². The molecule has 0 unspecified atom stereocenters. The number of amides is 1. The molecular weight excluding hydrogens is 367 g/mol. The SMILES string of the molecule is Cc1cc(F)ccc1S(=O)(=O)NCC(=O)NCCc1ccc(Cl)cc1. The molecule has 0 aliphatic rings. The van der Waals surface area contributed by atoms with Crippen molar-refractivity contribution in [2.24, 2.45) is 0 Å². The van der Waals surface area contributed by atoms with Crippen molar-refractivity contribution in [2.45, 2.75) is 18.2 Å². The van der Waals surface area contributed by atoms with Gasteiger partial charge in [0.15, 0.2) is 0 Å². The maximum atomic E-state index is 13.1. The van der Waals surface area contributed by atoms with Gasteiger partial charge >= 0.3 is 0 Å². The highest BCUT2D eigenvalue weighted by atomic mass is 35.5. The Morgan fingerprint density at radius 1 is 1.16 bits per heavy atom. The van der Waals surface area contributed by atoms with Crippen LogP contribution in [0.4, 0.5) is 4.39 Å². The highest BCUT2D eigenvalue weighted by molar-refractivity contribution is 7.89. The summed E-state index contributed by atoms with van der Waals surface area (Å²) < 4.78 is 39.6. The topological polar surface area (TPSA) is 75.3 Å². The number of hydrogen-bond donors (Lipinski definition) is 2. The molecule has 5 nitrogen and oxygen atoms in total. The van der Waals surface area contributed by atoms with Gasteiger partial charge in [-0.15, -0.1) is 0 Å². The Morgan fingerprint density at radius 3 is 2.48 bits per heavy atom. The average Bonchev–Trinajstić information content (AvgIpc) is 2.54. The lowest BCUT2D eigenvalue weighted by Crippen LogP contribution is -2.37. The molecule has 0 aromatic heterocycles. The normalized spacial score (nSPS) is 11.3. The smallest absolute Gasteiger partial charge is 0.241 e. The summed E-state index contributed by atoms with van der Waals surface area (Å²) in [5.41, 5.74) is 1.28. The molecular formula is C17H18ClFN2O3S. The molecule has 0 saturated carbocycles. The lowest BCUT2D eigenvalue weighted by molar-refractivity contribution is -0.119. The number of rotatable bonds is 7. The molecule has 0 fully saturated rings. The van der Waals surface area contributed by atoms with Crippen molar-refractivity contribution in [3.8, 4) is 0 Å². The lowest BCUT2D eigenvalue weighted by Gasteiger charge is -2.10. The van der Waals surface area contributed by atoms with Crippen LogP contribution in [-0.2, 0) is 21.2 Å². The number of hydrogen-bond acceptors (Lipinski definition) is 3. The van der Waals surface area contributed by atoms with E-state index in [2.05, 4.69) is 10.0 Å². The number of carbonyl (C=O) groups excluding carboxylic acids is 1. The van der Waals surface area contributed by atoms with Crippen molar-refractivity contribution >= 4 is 27.5 Å². The number of benzene rings is 2. The van der Waals surface area contributed by atoms with E-state index in [4.69, 9.17) is 11.6 Å². The van der Waals surface area contributed by atoms with E-state index in [0.29, 0.717) is 18.0 Å². The van der Waals surface area contributed by atoms with E-state index in [9.17, 15) is 17.6 Å².